The first-order valence-corrected chi connectivity index (χ1v) is 9.74. The average molecular weight is 398 g/mol. The van der Waals surface area contributed by atoms with Crippen molar-refractivity contribution in [3.8, 4) is 0 Å². The molecule has 3 aromatic rings. The molecule has 0 radical (unpaired) electrons. The number of rotatable bonds is 4. The molecule has 8 heteroatoms. The van der Waals surface area contributed by atoms with Gasteiger partial charge in [-0.3, -0.25) is 9.36 Å². The van der Waals surface area contributed by atoms with E-state index in [0.29, 0.717) is 16.1 Å². The van der Waals surface area contributed by atoms with Gasteiger partial charge in [-0.1, -0.05) is 0 Å². The van der Waals surface area contributed by atoms with Gasteiger partial charge in [0.2, 0.25) is 0 Å². The van der Waals surface area contributed by atoms with Crippen molar-refractivity contribution in [2.24, 2.45) is 17.2 Å². The fourth-order valence-electron chi connectivity index (χ4n) is 3.58. The summed E-state index contributed by atoms with van der Waals surface area (Å²) in [7, 11) is 0. The lowest BCUT2D eigenvalue weighted by Gasteiger charge is -2.26. The van der Waals surface area contributed by atoms with Crippen LogP contribution in [0.2, 0.25) is 0 Å². The Morgan fingerprint density at radius 1 is 1.07 bits per heavy atom. The van der Waals surface area contributed by atoms with Gasteiger partial charge in [0.15, 0.2) is 0 Å². The van der Waals surface area contributed by atoms with Crippen LogP contribution in [0.15, 0.2) is 43.5 Å². The summed E-state index contributed by atoms with van der Waals surface area (Å²) in [6.45, 7) is 4.18. The quantitative estimate of drug-likeness (QED) is 0.589. The van der Waals surface area contributed by atoms with Crippen molar-refractivity contribution in [1.82, 2.24) is 4.57 Å². The van der Waals surface area contributed by atoms with Crippen molar-refractivity contribution in [2.45, 2.75) is 19.8 Å². The maximum Gasteiger partial charge on any atom is 0.274 e. The molecule has 28 heavy (non-hydrogen) atoms. The molecule has 0 fully saturated rings. The Labute approximate surface area is 165 Å². The molecule has 1 unspecified atom stereocenters. The highest BCUT2D eigenvalue weighted by atomic mass is 32.1. The minimum Gasteiger partial charge on any atom is -0.465 e. The number of thiazole rings is 1. The number of furan rings is 2. The summed E-state index contributed by atoms with van der Waals surface area (Å²) in [5.41, 5.74) is 19.9. The Hall–Kier alpha value is -2.81. The smallest absolute Gasteiger partial charge is 0.274 e. The van der Waals surface area contributed by atoms with Crippen LogP contribution in [0.25, 0.3) is 17.5 Å². The second kappa shape index (κ2) is 6.97. The molecule has 3 aromatic heterocycles. The predicted molar refractivity (Wildman–Crippen MR) is 110 cm³/mol. The van der Waals surface area contributed by atoms with Gasteiger partial charge in [-0.2, -0.15) is 0 Å². The Balaban J connectivity index is 2.03. The van der Waals surface area contributed by atoms with Gasteiger partial charge in [0, 0.05) is 19.2 Å². The highest BCUT2D eigenvalue weighted by Crippen LogP contribution is 2.35. The summed E-state index contributed by atoms with van der Waals surface area (Å²) in [6.07, 6.45) is 1.72. The predicted octanol–water partition coefficient (Wildman–Crippen LogP) is 0.534. The number of nitrogens with zero attached hydrogens (tertiary/aromatic N) is 1. The van der Waals surface area contributed by atoms with Gasteiger partial charge in [0.05, 0.1) is 10.5 Å². The number of aromatic nitrogens is 1. The fourth-order valence-corrected chi connectivity index (χ4v) is 4.75. The number of fused-ring (bicyclic) bond motifs is 1. The Bertz CT molecular complexity index is 1260. The van der Waals surface area contributed by atoms with E-state index in [1.165, 1.54) is 15.9 Å². The van der Waals surface area contributed by atoms with E-state index in [1.807, 2.05) is 38.1 Å². The molecule has 1 aliphatic heterocycles. The molecular formula is C20H22N4O3S. The van der Waals surface area contributed by atoms with E-state index in [2.05, 4.69) is 0 Å². The van der Waals surface area contributed by atoms with Crippen LogP contribution in [0.3, 0.4) is 0 Å². The number of nitrogens with two attached hydrogens (primary N) is 3. The third kappa shape index (κ3) is 2.86. The summed E-state index contributed by atoms with van der Waals surface area (Å²) < 4.78 is 14.2. The molecule has 4 heterocycles. The Kier molecular flexibility index (Phi) is 4.62. The van der Waals surface area contributed by atoms with E-state index in [4.69, 9.17) is 26.0 Å². The number of hydrogen-bond acceptors (Lipinski definition) is 7. The minimum absolute atomic E-state index is 0.192. The van der Waals surface area contributed by atoms with E-state index in [9.17, 15) is 4.79 Å². The molecule has 0 aliphatic carbocycles. The van der Waals surface area contributed by atoms with E-state index in [-0.39, 0.29) is 24.6 Å². The summed E-state index contributed by atoms with van der Waals surface area (Å²) in [5, 5.41) is 0. The molecule has 0 saturated heterocycles. The van der Waals surface area contributed by atoms with Gasteiger partial charge in [-0.25, -0.2) is 0 Å². The van der Waals surface area contributed by atoms with Crippen LogP contribution in [0.5, 0.6) is 0 Å². The van der Waals surface area contributed by atoms with Gasteiger partial charge in [0.25, 0.3) is 5.56 Å². The molecule has 0 saturated carbocycles. The lowest BCUT2D eigenvalue weighted by atomic mass is 9.87. The Morgan fingerprint density at radius 3 is 2.32 bits per heavy atom. The van der Waals surface area contributed by atoms with Crippen LogP contribution in [-0.2, 0) is 0 Å². The lowest BCUT2D eigenvalue weighted by molar-refractivity contribution is 0.478. The molecular weight excluding hydrogens is 376 g/mol. The van der Waals surface area contributed by atoms with Crippen LogP contribution in [0, 0.1) is 13.8 Å². The van der Waals surface area contributed by atoms with Crippen molar-refractivity contribution in [2.75, 3.05) is 13.1 Å². The average Bonchev–Trinajstić information content (AvgIpc) is 3.35. The zero-order valence-corrected chi connectivity index (χ0v) is 16.5. The van der Waals surface area contributed by atoms with E-state index < -0.39 is 0 Å². The largest absolute Gasteiger partial charge is 0.465 e. The van der Waals surface area contributed by atoms with Crippen molar-refractivity contribution in [1.29, 1.82) is 0 Å². The monoisotopic (exact) mass is 398 g/mol. The SMILES string of the molecule is Cc1ccc(/C=c2/sc3n(c2=O)C(N)=C(CN)C(c2ccc(C)o2)C=3CN)o1. The first kappa shape index (κ1) is 18.5. The van der Waals surface area contributed by atoms with Crippen molar-refractivity contribution in [3.05, 3.63) is 72.4 Å². The van der Waals surface area contributed by atoms with Crippen molar-refractivity contribution in [3.63, 3.8) is 0 Å². The second-order valence-corrected chi connectivity index (χ2v) is 7.76. The molecule has 4 rings (SSSR count). The van der Waals surface area contributed by atoms with Gasteiger partial charge >= 0.3 is 0 Å². The summed E-state index contributed by atoms with van der Waals surface area (Å²) in [4.78, 5) is 13.1. The molecule has 0 aromatic carbocycles. The molecule has 1 atom stereocenters. The van der Waals surface area contributed by atoms with Gasteiger partial charge in [-0.05, 0) is 49.3 Å². The summed E-state index contributed by atoms with van der Waals surface area (Å²) >= 11 is 1.34. The zero-order chi connectivity index (χ0) is 20.0. The van der Waals surface area contributed by atoms with Gasteiger partial charge < -0.3 is 26.0 Å². The normalized spacial score (nSPS) is 17.5. The topological polar surface area (TPSA) is 126 Å². The fraction of sp³-hybridized carbons (Fsp3) is 0.250. The highest BCUT2D eigenvalue weighted by Gasteiger charge is 2.32. The third-order valence-electron chi connectivity index (χ3n) is 4.89. The first-order valence-electron chi connectivity index (χ1n) is 8.93. The second-order valence-electron chi connectivity index (χ2n) is 6.73. The minimum atomic E-state index is -0.277. The van der Waals surface area contributed by atoms with Crippen molar-refractivity contribution < 1.29 is 8.83 Å². The summed E-state index contributed by atoms with van der Waals surface area (Å²) in [5.74, 6) is 2.96. The molecule has 1 aliphatic rings. The highest BCUT2D eigenvalue weighted by molar-refractivity contribution is 7.07. The maximum atomic E-state index is 13.1. The Morgan fingerprint density at radius 2 is 1.75 bits per heavy atom. The molecule has 0 amide bonds. The summed E-state index contributed by atoms with van der Waals surface area (Å²) in [6, 6.07) is 7.47. The van der Waals surface area contributed by atoms with Gasteiger partial charge in [0.1, 0.15) is 33.5 Å². The molecule has 146 valence electrons. The zero-order valence-electron chi connectivity index (χ0n) is 15.7. The standard InChI is InChI=1S/C20H22N4O3S/c1-10-3-5-12(26-10)7-16-19(25)24-18(23)13(8-21)17(14(9-22)20(24)28-16)15-6-4-11(2)27-15/h3-7,17H,8-9,21-23H2,1-2H3/b16-7+. The molecule has 0 spiro atoms. The lowest BCUT2D eigenvalue weighted by Crippen LogP contribution is -2.41. The van der Waals surface area contributed by atoms with Crippen LogP contribution in [0.4, 0.5) is 0 Å². The number of hydrogen-bond donors (Lipinski definition) is 3. The molecule has 7 nitrogen and oxygen atoms in total. The van der Waals surface area contributed by atoms with Crippen molar-refractivity contribution >= 4 is 28.8 Å². The van der Waals surface area contributed by atoms with Crippen LogP contribution >= 0.6 is 11.3 Å². The van der Waals surface area contributed by atoms with E-state index >= 15 is 0 Å². The molecule has 0 bridgehead atoms. The first-order chi connectivity index (χ1) is 13.4. The molecule has 6 N–H and O–H groups in total. The van der Waals surface area contributed by atoms with Crippen LogP contribution in [-0.4, -0.2) is 17.7 Å². The van der Waals surface area contributed by atoms with E-state index in [0.717, 1.165) is 33.1 Å². The third-order valence-corrected chi connectivity index (χ3v) is 6.04. The van der Waals surface area contributed by atoms with Gasteiger partial charge in [-0.15, -0.1) is 11.3 Å². The number of aryl methyl sites for hydroxylation is 2. The maximum absolute atomic E-state index is 13.1. The van der Waals surface area contributed by atoms with Crippen LogP contribution < -0.4 is 32.0 Å². The van der Waals surface area contributed by atoms with E-state index in [1.54, 1.807) is 6.08 Å². The van der Waals surface area contributed by atoms with Crippen LogP contribution in [0.1, 0.15) is 29.0 Å².